The van der Waals surface area contributed by atoms with Crippen LogP contribution in [-0.2, 0) is 9.59 Å². The van der Waals surface area contributed by atoms with Gasteiger partial charge in [-0.15, -0.1) is 0 Å². The average molecular weight is 165 g/mol. The van der Waals surface area contributed by atoms with Gasteiger partial charge in [0.2, 0.25) is 0 Å². The van der Waals surface area contributed by atoms with Crippen LogP contribution in [0.1, 0.15) is 6.92 Å². The van der Waals surface area contributed by atoms with Crippen molar-refractivity contribution in [3.05, 3.63) is 10.6 Å². The Labute approximate surface area is 61.7 Å². The largest absolute Gasteiger partial charge is 0.478 e. The quantitative estimate of drug-likeness (QED) is 0.589. The molecule has 5 heteroatoms. The molecule has 0 unspecified atom stereocenters. The van der Waals surface area contributed by atoms with Gasteiger partial charge in [-0.1, -0.05) is 11.6 Å². The Hall–Kier alpha value is -1.03. The standard InChI is InChI=1S/C5H5ClO4/c1-2(4(7)8)3(6)5(9)10/h1H3,(H,7,8)(H,9,10). The number of hydrogen-bond donors (Lipinski definition) is 2. The summed E-state index contributed by atoms with van der Waals surface area (Å²) in [5, 5.41) is 15.7. The van der Waals surface area contributed by atoms with E-state index in [4.69, 9.17) is 21.8 Å². The minimum atomic E-state index is -1.43. The molecule has 0 amide bonds. The molecule has 2 N–H and O–H groups in total. The van der Waals surface area contributed by atoms with Crippen LogP contribution in [0, 0.1) is 0 Å². The summed E-state index contributed by atoms with van der Waals surface area (Å²) in [6.07, 6.45) is 0. The zero-order chi connectivity index (χ0) is 8.31. The normalized spacial score (nSPS) is 12.2. The summed E-state index contributed by atoms with van der Waals surface area (Å²) in [5.41, 5.74) is -0.367. The lowest BCUT2D eigenvalue weighted by atomic mass is 10.3. The van der Waals surface area contributed by atoms with Gasteiger partial charge in [-0.3, -0.25) is 0 Å². The van der Waals surface area contributed by atoms with Gasteiger partial charge in [-0.2, -0.15) is 0 Å². The molecule has 0 aromatic heterocycles. The van der Waals surface area contributed by atoms with Gasteiger partial charge in [0, 0.05) is 0 Å². The molecule has 0 radical (unpaired) electrons. The second-order valence-corrected chi connectivity index (χ2v) is 1.93. The number of aliphatic carboxylic acids is 2. The van der Waals surface area contributed by atoms with Crippen LogP contribution in [0.15, 0.2) is 10.6 Å². The molecular formula is C5H5ClO4. The molecule has 0 saturated carbocycles. The first-order valence-corrected chi connectivity index (χ1v) is 2.67. The summed E-state index contributed by atoms with van der Waals surface area (Å²) in [6, 6.07) is 0. The Balaban J connectivity index is 4.67. The monoisotopic (exact) mass is 164 g/mol. The van der Waals surface area contributed by atoms with E-state index in [9.17, 15) is 9.59 Å². The van der Waals surface area contributed by atoms with E-state index in [0.29, 0.717) is 0 Å². The van der Waals surface area contributed by atoms with Gasteiger partial charge in [0.05, 0.1) is 5.57 Å². The average Bonchev–Trinajstić information content (AvgIpc) is 1.84. The van der Waals surface area contributed by atoms with Gasteiger partial charge in [0.25, 0.3) is 0 Å². The molecule has 0 aromatic rings. The van der Waals surface area contributed by atoms with E-state index in [2.05, 4.69) is 0 Å². The molecule has 0 aliphatic carbocycles. The van der Waals surface area contributed by atoms with E-state index in [1.54, 1.807) is 0 Å². The van der Waals surface area contributed by atoms with E-state index in [-0.39, 0.29) is 5.57 Å². The summed E-state index contributed by atoms with van der Waals surface area (Å²) in [4.78, 5) is 20.0. The topological polar surface area (TPSA) is 74.6 Å². The number of carboxylic acids is 2. The lowest BCUT2D eigenvalue weighted by Gasteiger charge is -1.93. The Kier molecular flexibility index (Phi) is 2.89. The molecule has 4 nitrogen and oxygen atoms in total. The minimum Gasteiger partial charge on any atom is -0.478 e. The Morgan fingerprint density at radius 2 is 1.60 bits per heavy atom. The first-order chi connectivity index (χ1) is 4.46. The summed E-state index contributed by atoms with van der Waals surface area (Å²) in [5.74, 6) is -2.76. The first-order valence-electron chi connectivity index (χ1n) is 2.29. The molecule has 56 valence electrons. The molecule has 0 aliphatic heterocycles. The van der Waals surface area contributed by atoms with Gasteiger partial charge in [0.1, 0.15) is 5.03 Å². The zero-order valence-corrected chi connectivity index (χ0v) is 5.84. The van der Waals surface area contributed by atoms with Crippen molar-refractivity contribution in [2.75, 3.05) is 0 Å². The molecule has 0 spiro atoms. The third-order valence-electron chi connectivity index (χ3n) is 0.838. The maximum atomic E-state index is 10.0. The van der Waals surface area contributed by atoms with Crippen LogP contribution in [0.4, 0.5) is 0 Å². The Morgan fingerprint density at radius 3 is 1.70 bits per heavy atom. The van der Waals surface area contributed by atoms with Crippen molar-refractivity contribution in [2.45, 2.75) is 6.92 Å². The van der Waals surface area contributed by atoms with Crippen LogP contribution >= 0.6 is 11.6 Å². The number of hydrogen-bond acceptors (Lipinski definition) is 2. The fraction of sp³-hybridized carbons (Fsp3) is 0.200. The van der Waals surface area contributed by atoms with E-state index >= 15 is 0 Å². The molecule has 0 aliphatic rings. The number of carbonyl (C=O) groups is 2. The van der Waals surface area contributed by atoms with Crippen LogP contribution in [0.25, 0.3) is 0 Å². The fourth-order valence-corrected chi connectivity index (χ4v) is 0.335. The van der Waals surface area contributed by atoms with Crippen LogP contribution in [0.3, 0.4) is 0 Å². The van der Waals surface area contributed by atoms with Gasteiger partial charge < -0.3 is 10.2 Å². The molecule has 10 heavy (non-hydrogen) atoms. The highest BCUT2D eigenvalue weighted by Gasteiger charge is 2.12. The predicted octanol–water partition coefficient (Wildman–Crippen LogP) is 0.668. The highest BCUT2D eigenvalue weighted by molar-refractivity contribution is 6.42. The summed E-state index contributed by atoms with van der Waals surface area (Å²) < 4.78 is 0. The van der Waals surface area contributed by atoms with Crippen molar-refractivity contribution < 1.29 is 19.8 Å². The highest BCUT2D eigenvalue weighted by Crippen LogP contribution is 2.08. The lowest BCUT2D eigenvalue weighted by Crippen LogP contribution is -2.04. The number of carboxylic acid groups (broad SMARTS) is 2. The molecule has 0 heterocycles. The van der Waals surface area contributed by atoms with Gasteiger partial charge in [-0.05, 0) is 6.92 Å². The first kappa shape index (κ1) is 8.97. The molecule has 0 atom stereocenters. The number of halogens is 1. The second kappa shape index (κ2) is 3.22. The third-order valence-corrected chi connectivity index (χ3v) is 1.28. The second-order valence-electron chi connectivity index (χ2n) is 1.55. The predicted molar refractivity (Wildman–Crippen MR) is 33.8 cm³/mol. The van der Waals surface area contributed by atoms with Crippen molar-refractivity contribution in [3.8, 4) is 0 Å². The molecule has 0 saturated heterocycles. The lowest BCUT2D eigenvalue weighted by molar-refractivity contribution is -0.135. The van der Waals surface area contributed by atoms with Crippen molar-refractivity contribution in [2.24, 2.45) is 0 Å². The van der Waals surface area contributed by atoms with Crippen LogP contribution in [0.5, 0.6) is 0 Å². The molecule has 0 bridgehead atoms. The van der Waals surface area contributed by atoms with E-state index in [0.717, 1.165) is 6.92 Å². The summed E-state index contributed by atoms with van der Waals surface area (Å²) in [7, 11) is 0. The third kappa shape index (κ3) is 2.06. The Bertz CT molecular complexity index is 184. The SMILES string of the molecule is CC(C(=O)O)=C(Cl)C(=O)O. The van der Waals surface area contributed by atoms with Gasteiger partial charge in [0.15, 0.2) is 0 Å². The van der Waals surface area contributed by atoms with Crippen LogP contribution in [0.2, 0.25) is 0 Å². The Morgan fingerprint density at radius 1 is 1.20 bits per heavy atom. The van der Waals surface area contributed by atoms with Crippen molar-refractivity contribution in [1.29, 1.82) is 0 Å². The zero-order valence-electron chi connectivity index (χ0n) is 5.09. The molecule has 0 aromatic carbocycles. The minimum absolute atomic E-state index is 0.367. The maximum Gasteiger partial charge on any atom is 0.347 e. The fourth-order valence-electron chi connectivity index (χ4n) is 0.254. The molecule has 0 rings (SSSR count). The summed E-state index contributed by atoms with van der Waals surface area (Å²) >= 11 is 5.06. The highest BCUT2D eigenvalue weighted by atomic mass is 35.5. The van der Waals surface area contributed by atoms with E-state index < -0.39 is 17.0 Å². The van der Waals surface area contributed by atoms with Crippen LogP contribution in [-0.4, -0.2) is 22.2 Å². The summed E-state index contributed by atoms with van der Waals surface area (Å²) in [6.45, 7) is 1.12. The van der Waals surface area contributed by atoms with Gasteiger partial charge in [-0.25, -0.2) is 9.59 Å². The molecular weight excluding hydrogens is 160 g/mol. The van der Waals surface area contributed by atoms with E-state index in [1.807, 2.05) is 0 Å². The maximum absolute atomic E-state index is 10.0. The molecule has 0 fully saturated rings. The number of rotatable bonds is 2. The van der Waals surface area contributed by atoms with E-state index in [1.165, 1.54) is 0 Å². The smallest absolute Gasteiger partial charge is 0.347 e. The van der Waals surface area contributed by atoms with Gasteiger partial charge >= 0.3 is 11.9 Å². The van der Waals surface area contributed by atoms with Crippen LogP contribution < -0.4 is 0 Å². The van der Waals surface area contributed by atoms with Crippen molar-refractivity contribution in [3.63, 3.8) is 0 Å². The van der Waals surface area contributed by atoms with Crippen molar-refractivity contribution in [1.82, 2.24) is 0 Å². The van der Waals surface area contributed by atoms with Crippen molar-refractivity contribution >= 4 is 23.5 Å².